The van der Waals surface area contributed by atoms with Gasteiger partial charge >= 0.3 is 0 Å². The molecule has 3 aromatic carbocycles. The van der Waals surface area contributed by atoms with Crippen molar-refractivity contribution in [1.82, 2.24) is 0 Å². The third-order valence-corrected chi connectivity index (χ3v) is 13.7. The molecule has 0 bridgehead atoms. The molecule has 5 atom stereocenters. The van der Waals surface area contributed by atoms with Crippen LogP contribution < -0.4 is 0 Å². The van der Waals surface area contributed by atoms with Crippen LogP contribution in [-0.2, 0) is 38.5 Å². The van der Waals surface area contributed by atoms with E-state index in [1.807, 2.05) is 91.0 Å². The summed E-state index contributed by atoms with van der Waals surface area (Å²) >= 11 is 13.2. The lowest BCUT2D eigenvalue weighted by molar-refractivity contribution is -0.256. The molecule has 8 heteroatoms. The van der Waals surface area contributed by atoms with Crippen LogP contribution in [0.25, 0.3) is 0 Å². The van der Waals surface area contributed by atoms with Gasteiger partial charge in [0.1, 0.15) is 28.7 Å². The van der Waals surface area contributed by atoms with E-state index in [1.165, 1.54) is 0 Å². The highest BCUT2D eigenvalue weighted by atomic mass is 35.5. The predicted molar refractivity (Wildman–Crippen MR) is 172 cm³/mol. The minimum absolute atomic E-state index is 0.0719. The molecule has 42 heavy (non-hydrogen) atoms. The largest absolute Gasteiger partial charge is 0.411 e. The Morgan fingerprint density at radius 2 is 1.14 bits per heavy atom. The van der Waals surface area contributed by atoms with Crippen molar-refractivity contribution in [2.24, 2.45) is 0 Å². The standard InChI is InChI=1S/C34H44Cl2O5Si/c1-33(2,3)42(4,5)41-28-21-34(37,32(35)36)31(40-24-27-19-13-8-14-20-27)30(39-23-26-17-11-7-12-18-26)29(28)38-22-25-15-9-6-10-16-25/h6-20,28-32,37H,21-24H2,1-5H3/t28-,29-,30+,31-,34+/m0/s1. The molecule has 3 aromatic rings. The molecule has 0 saturated heterocycles. The monoisotopic (exact) mass is 630 g/mol. The summed E-state index contributed by atoms with van der Waals surface area (Å²) in [7, 11) is -2.32. The molecule has 4 rings (SSSR count). The lowest BCUT2D eigenvalue weighted by Gasteiger charge is -2.53. The minimum Gasteiger partial charge on any atom is -0.411 e. The van der Waals surface area contributed by atoms with Gasteiger partial charge in [-0.2, -0.15) is 0 Å². The van der Waals surface area contributed by atoms with Gasteiger partial charge in [0, 0.05) is 6.42 Å². The van der Waals surface area contributed by atoms with Gasteiger partial charge < -0.3 is 23.7 Å². The van der Waals surface area contributed by atoms with Gasteiger partial charge in [0.25, 0.3) is 0 Å². The Morgan fingerprint density at radius 3 is 1.55 bits per heavy atom. The first-order valence-corrected chi connectivity index (χ1v) is 18.3. The molecule has 0 spiro atoms. The summed E-state index contributed by atoms with van der Waals surface area (Å²) in [5, 5.41) is 12.2. The Bertz CT molecular complexity index is 1220. The number of alkyl halides is 2. The van der Waals surface area contributed by atoms with Crippen LogP contribution in [0.4, 0.5) is 0 Å². The number of hydrogen-bond acceptors (Lipinski definition) is 5. The molecule has 0 radical (unpaired) electrons. The van der Waals surface area contributed by atoms with E-state index >= 15 is 0 Å². The summed E-state index contributed by atoms with van der Waals surface area (Å²) in [5.41, 5.74) is 1.33. The number of ether oxygens (including phenoxy) is 3. The van der Waals surface area contributed by atoms with Crippen LogP contribution in [0.3, 0.4) is 0 Å². The van der Waals surface area contributed by atoms with E-state index in [-0.39, 0.29) is 18.1 Å². The van der Waals surface area contributed by atoms with Crippen molar-refractivity contribution in [2.75, 3.05) is 0 Å². The Balaban J connectivity index is 1.74. The first kappa shape index (κ1) is 33.2. The van der Waals surface area contributed by atoms with Crippen LogP contribution in [0.2, 0.25) is 18.1 Å². The molecular weight excluding hydrogens is 587 g/mol. The van der Waals surface area contributed by atoms with Crippen LogP contribution in [0.15, 0.2) is 91.0 Å². The van der Waals surface area contributed by atoms with E-state index < -0.39 is 43.2 Å². The lowest BCUT2D eigenvalue weighted by atomic mass is 9.77. The van der Waals surface area contributed by atoms with Crippen LogP contribution in [-0.4, -0.2) is 48.3 Å². The number of halogens is 2. The van der Waals surface area contributed by atoms with Crippen molar-refractivity contribution >= 4 is 31.5 Å². The van der Waals surface area contributed by atoms with E-state index in [0.29, 0.717) is 13.2 Å². The molecule has 0 aliphatic heterocycles. The van der Waals surface area contributed by atoms with Gasteiger partial charge in [-0.05, 0) is 34.8 Å². The molecule has 1 aliphatic carbocycles. The third-order valence-electron chi connectivity index (χ3n) is 8.48. The van der Waals surface area contributed by atoms with E-state index in [2.05, 4.69) is 33.9 Å². The van der Waals surface area contributed by atoms with Crippen molar-refractivity contribution in [2.45, 2.75) is 100.0 Å². The lowest BCUT2D eigenvalue weighted by Crippen LogP contribution is -2.68. The van der Waals surface area contributed by atoms with Crippen molar-refractivity contribution in [1.29, 1.82) is 0 Å². The smallest absolute Gasteiger partial charge is 0.192 e. The molecule has 0 heterocycles. The number of hydrogen-bond donors (Lipinski definition) is 1. The Morgan fingerprint density at radius 1 is 0.738 bits per heavy atom. The van der Waals surface area contributed by atoms with Crippen molar-refractivity contribution in [3.8, 4) is 0 Å². The van der Waals surface area contributed by atoms with Crippen LogP contribution in [0.1, 0.15) is 43.9 Å². The highest BCUT2D eigenvalue weighted by Gasteiger charge is 2.59. The molecule has 0 unspecified atom stereocenters. The summed E-state index contributed by atoms with van der Waals surface area (Å²) < 4.78 is 26.8. The highest BCUT2D eigenvalue weighted by Crippen LogP contribution is 2.45. The van der Waals surface area contributed by atoms with E-state index in [9.17, 15) is 5.11 Å². The fourth-order valence-electron chi connectivity index (χ4n) is 5.02. The van der Waals surface area contributed by atoms with E-state index in [1.54, 1.807) is 0 Å². The second-order valence-corrected chi connectivity index (χ2v) is 18.5. The molecule has 1 N–H and O–H groups in total. The maximum Gasteiger partial charge on any atom is 0.192 e. The molecule has 0 amide bonds. The van der Waals surface area contributed by atoms with Gasteiger partial charge in [0.05, 0.1) is 25.9 Å². The summed E-state index contributed by atoms with van der Waals surface area (Å²) in [6.07, 6.45) is -2.57. The molecular formula is C34H44Cl2O5Si. The zero-order valence-electron chi connectivity index (χ0n) is 25.2. The second-order valence-electron chi connectivity index (χ2n) is 12.7. The first-order valence-electron chi connectivity index (χ1n) is 14.6. The fraction of sp³-hybridized carbons (Fsp3) is 0.471. The summed E-state index contributed by atoms with van der Waals surface area (Å²) in [5.74, 6) is 0. The van der Waals surface area contributed by atoms with E-state index in [0.717, 1.165) is 16.7 Å². The van der Waals surface area contributed by atoms with Crippen molar-refractivity contribution in [3.63, 3.8) is 0 Å². The third kappa shape index (κ3) is 8.24. The maximum atomic E-state index is 12.2. The Kier molecular flexibility index (Phi) is 11.3. The van der Waals surface area contributed by atoms with Crippen LogP contribution in [0, 0.1) is 0 Å². The van der Waals surface area contributed by atoms with Gasteiger partial charge in [0.15, 0.2) is 8.32 Å². The minimum atomic E-state index is -2.32. The summed E-state index contributed by atoms with van der Waals surface area (Å²) in [6, 6.07) is 29.8. The molecule has 0 aromatic heterocycles. The number of rotatable bonds is 12. The molecule has 1 saturated carbocycles. The van der Waals surface area contributed by atoms with Gasteiger partial charge in [-0.1, -0.05) is 112 Å². The maximum absolute atomic E-state index is 12.2. The molecule has 1 fully saturated rings. The topological polar surface area (TPSA) is 57.2 Å². The highest BCUT2D eigenvalue weighted by molar-refractivity contribution is 6.74. The van der Waals surface area contributed by atoms with Gasteiger partial charge in [-0.15, -0.1) is 23.2 Å². The quantitative estimate of drug-likeness (QED) is 0.162. The zero-order chi connectivity index (χ0) is 30.4. The SMILES string of the molecule is CC(C)(C)[Si](C)(C)O[C@H]1C[C@](O)(C(Cl)Cl)[C@@H](OCc2ccccc2)[C@H](OCc2ccccc2)[C@H]1OCc1ccccc1. The average Bonchev–Trinajstić information content (AvgIpc) is 2.96. The van der Waals surface area contributed by atoms with Crippen molar-refractivity contribution in [3.05, 3.63) is 108 Å². The number of aliphatic hydroxyl groups is 1. The normalized spacial score (nSPS) is 25.1. The summed E-state index contributed by atoms with van der Waals surface area (Å²) in [4.78, 5) is -1.15. The van der Waals surface area contributed by atoms with Crippen LogP contribution in [0.5, 0.6) is 0 Å². The van der Waals surface area contributed by atoms with E-state index in [4.69, 9.17) is 41.8 Å². The Labute approximate surface area is 262 Å². The zero-order valence-corrected chi connectivity index (χ0v) is 27.7. The van der Waals surface area contributed by atoms with Crippen LogP contribution >= 0.6 is 23.2 Å². The molecule has 228 valence electrons. The Hall–Kier alpha value is -1.74. The average molecular weight is 632 g/mol. The van der Waals surface area contributed by atoms with Crippen molar-refractivity contribution < 1.29 is 23.7 Å². The fourth-order valence-corrected chi connectivity index (χ4v) is 6.77. The van der Waals surface area contributed by atoms with Gasteiger partial charge in [0.2, 0.25) is 0 Å². The predicted octanol–water partition coefficient (Wildman–Crippen LogP) is 8.07. The van der Waals surface area contributed by atoms with Gasteiger partial charge in [-0.25, -0.2) is 0 Å². The second kappa shape index (κ2) is 14.4. The summed E-state index contributed by atoms with van der Waals surface area (Å²) in [6.45, 7) is 11.8. The van der Waals surface area contributed by atoms with Gasteiger partial charge in [-0.3, -0.25) is 0 Å². The first-order chi connectivity index (χ1) is 19.9. The molecule has 5 nitrogen and oxygen atoms in total. The molecule has 1 aliphatic rings. The number of benzene rings is 3.